The number of carbonyl (C=O) groups is 2. The van der Waals surface area contributed by atoms with Crippen molar-refractivity contribution in [1.82, 2.24) is 10.5 Å². The van der Waals surface area contributed by atoms with Crippen LogP contribution in [0.15, 0.2) is 59.1 Å². The molecule has 3 aromatic rings. The van der Waals surface area contributed by atoms with Crippen molar-refractivity contribution in [1.29, 1.82) is 0 Å². The van der Waals surface area contributed by atoms with Crippen LogP contribution in [0.5, 0.6) is 5.75 Å². The van der Waals surface area contributed by atoms with E-state index < -0.39 is 0 Å². The van der Waals surface area contributed by atoms with Crippen molar-refractivity contribution < 1.29 is 23.6 Å². The summed E-state index contributed by atoms with van der Waals surface area (Å²) in [5, 5.41) is 9.45. The molecule has 166 valence electrons. The maximum Gasteiger partial charge on any atom is 0.273 e. The summed E-state index contributed by atoms with van der Waals surface area (Å²) in [7, 11) is 0. The Morgan fingerprint density at radius 3 is 2.59 bits per heavy atom. The first-order valence-electron chi connectivity index (χ1n) is 10.5. The number of nitrogens with one attached hydrogen (secondary N) is 2. The van der Waals surface area contributed by atoms with Crippen LogP contribution in [-0.2, 0) is 11.3 Å². The number of carbonyl (C=O) groups excluding carboxylic acids is 2. The highest BCUT2D eigenvalue weighted by atomic mass is 16.5. The Balaban J connectivity index is 1.25. The van der Waals surface area contributed by atoms with E-state index in [9.17, 15) is 9.59 Å². The van der Waals surface area contributed by atoms with E-state index in [4.69, 9.17) is 14.0 Å². The summed E-state index contributed by atoms with van der Waals surface area (Å²) < 4.78 is 16.4. The molecule has 32 heavy (non-hydrogen) atoms. The molecule has 2 heterocycles. The first-order chi connectivity index (χ1) is 15.6. The zero-order valence-electron chi connectivity index (χ0n) is 17.8. The second-order valence-corrected chi connectivity index (χ2v) is 7.66. The van der Waals surface area contributed by atoms with E-state index in [2.05, 4.69) is 15.8 Å². The fraction of sp³-hybridized carbons (Fsp3) is 0.292. The largest absolute Gasteiger partial charge is 0.486 e. The van der Waals surface area contributed by atoms with Gasteiger partial charge in [0.05, 0.1) is 6.10 Å². The van der Waals surface area contributed by atoms with Crippen LogP contribution < -0.4 is 15.4 Å². The van der Waals surface area contributed by atoms with Gasteiger partial charge < -0.3 is 24.6 Å². The van der Waals surface area contributed by atoms with Crippen molar-refractivity contribution in [2.75, 3.05) is 18.5 Å². The van der Waals surface area contributed by atoms with Crippen molar-refractivity contribution in [2.24, 2.45) is 0 Å². The number of ether oxygens (including phenoxy) is 2. The molecule has 1 atom stereocenters. The molecular formula is C24H25N3O5. The molecule has 4 rings (SSSR count). The highest BCUT2D eigenvalue weighted by Crippen LogP contribution is 2.18. The minimum Gasteiger partial charge on any atom is -0.486 e. The Morgan fingerprint density at radius 1 is 1.09 bits per heavy atom. The number of rotatable bonds is 8. The van der Waals surface area contributed by atoms with Gasteiger partial charge in [0.25, 0.3) is 11.8 Å². The number of anilines is 1. The molecule has 0 spiro atoms. The SMILES string of the molecule is Cc1ccc(C(=O)Nc2ccc(OCc3cc(C(=O)NCC4CCCO4)no3)cc2)cc1. The molecule has 8 heteroatoms. The van der Waals surface area contributed by atoms with Crippen molar-refractivity contribution in [3.8, 4) is 5.75 Å². The second kappa shape index (κ2) is 10.1. The highest BCUT2D eigenvalue weighted by molar-refractivity contribution is 6.04. The molecule has 1 aliphatic heterocycles. The number of aryl methyl sites for hydroxylation is 1. The third kappa shape index (κ3) is 5.73. The van der Waals surface area contributed by atoms with Gasteiger partial charge in [-0.2, -0.15) is 0 Å². The lowest BCUT2D eigenvalue weighted by Crippen LogP contribution is -2.31. The summed E-state index contributed by atoms with van der Waals surface area (Å²) in [6.45, 7) is 3.30. The van der Waals surface area contributed by atoms with E-state index in [-0.39, 0.29) is 30.2 Å². The fourth-order valence-corrected chi connectivity index (χ4v) is 3.29. The molecule has 1 aromatic heterocycles. The number of hydrogen-bond donors (Lipinski definition) is 2. The Hall–Kier alpha value is -3.65. The molecule has 2 aromatic carbocycles. The number of benzene rings is 2. The Labute approximate surface area is 185 Å². The average molecular weight is 435 g/mol. The molecule has 1 saturated heterocycles. The van der Waals surface area contributed by atoms with Gasteiger partial charge in [-0.05, 0) is 56.2 Å². The van der Waals surface area contributed by atoms with Crippen LogP contribution in [0.2, 0.25) is 0 Å². The summed E-state index contributed by atoms with van der Waals surface area (Å²) in [5.74, 6) is 0.554. The molecule has 1 aliphatic rings. The Bertz CT molecular complexity index is 1050. The van der Waals surface area contributed by atoms with E-state index in [1.807, 2.05) is 19.1 Å². The smallest absolute Gasteiger partial charge is 0.273 e. The fourth-order valence-electron chi connectivity index (χ4n) is 3.29. The number of amides is 2. The topological polar surface area (TPSA) is 103 Å². The van der Waals surface area contributed by atoms with Gasteiger partial charge in [-0.25, -0.2) is 0 Å². The predicted molar refractivity (Wildman–Crippen MR) is 118 cm³/mol. The van der Waals surface area contributed by atoms with Gasteiger partial charge in [-0.15, -0.1) is 0 Å². The Morgan fingerprint density at radius 2 is 1.88 bits per heavy atom. The molecule has 2 N–H and O–H groups in total. The standard InChI is InChI=1S/C24H25N3O5/c1-16-4-6-17(7-5-16)23(28)26-18-8-10-19(11-9-18)31-15-21-13-22(27-32-21)24(29)25-14-20-3-2-12-30-20/h4-11,13,20H,2-3,12,14-15H2,1H3,(H,25,29)(H,26,28). The molecule has 1 unspecified atom stereocenters. The van der Waals surface area contributed by atoms with Gasteiger partial charge in [0.2, 0.25) is 0 Å². The molecule has 0 aliphatic carbocycles. The van der Waals surface area contributed by atoms with Gasteiger partial charge in [0.15, 0.2) is 11.5 Å². The minimum atomic E-state index is -0.302. The van der Waals surface area contributed by atoms with Crippen molar-refractivity contribution in [3.05, 3.63) is 77.2 Å². The zero-order chi connectivity index (χ0) is 22.3. The van der Waals surface area contributed by atoms with E-state index in [0.29, 0.717) is 29.3 Å². The molecular weight excluding hydrogens is 410 g/mol. The van der Waals surface area contributed by atoms with Crippen molar-refractivity contribution in [2.45, 2.75) is 32.5 Å². The summed E-state index contributed by atoms with van der Waals surface area (Å²) in [5.41, 5.74) is 2.56. The number of nitrogens with zero attached hydrogens (tertiary/aromatic N) is 1. The van der Waals surface area contributed by atoms with Gasteiger partial charge in [-0.1, -0.05) is 22.9 Å². The normalized spacial score (nSPS) is 15.3. The van der Waals surface area contributed by atoms with Gasteiger partial charge in [0.1, 0.15) is 12.4 Å². The first-order valence-corrected chi connectivity index (χ1v) is 10.5. The third-order valence-electron chi connectivity index (χ3n) is 5.11. The lowest BCUT2D eigenvalue weighted by Gasteiger charge is -2.09. The molecule has 1 fully saturated rings. The minimum absolute atomic E-state index is 0.0679. The van der Waals surface area contributed by atoms with Gasteiger partial charge in [-0.3, -0.25) is 9.59 Å². The maximum atomic E-state index is 12.3. The zero-order valence-corrected chi connectivity index (χ0v) is 17.8. The van der Waals surface area contributed by atoms with Crippen LogP contribution in [0.1, 0.15) is 45.0 Å². The first kappa shape index (κ1) is 21.6. The Kier molecular flexibility index (Phi) is 6.81. The summed E-state index contributed by atoms with van der Waals surface area (Å²) in [6.07, 6.45) is 2.04. The number of aromatic nitrogens is 1. The monoisotopic (exact) mass is 435 g/mol. The van der Waals surface area contributed by atoms with E-state index in [0.717, 1.165) is 25.0 Å². The average Bonchev–Trinajstić information content (AvgIpc) is 3.50. The molecule has 0 saturated carbocycles. The third-order valence-corrected chi connectivity index (χ3v) is 5.11. The van der Waals surface area contributed by atoms with Crippen LogP contribution in [0, 0.1) is 6.92 Å². The van der Waals surface area contributed by atoms with Crippen LogP contribution >= 0.6 is 0 Å². The van der Waals surface area contributed by atoms with Crippen LogP contribution in [0.25, 0.3) is 0 Å². The molecule has 2 amide bonds. The van der Waals surface area contributed by atoms with Crippen LogP contribution in [-0.4, -0.2) is 36.2 Å². The quantitative estimate of drug-likeness (QED) is 0.559. The molecule has 8 nitrogen and oxygen atoms in total. The van der Waals surface area contributed by atoms with Crippen LogP contribution in [0.3, 0.4) is 0 Å². The van der Waals surface area contributed by atoms with Gasteiger partial charge in [0, 0.05) is 30.5 Å². The lowest BCUT2D eigenvalue weighted by molar-refractivity contribution is 0.0850. The summed E-state index contributed by atoms with van der Waals surface area (Å²) in [6, 6.07) is 15.9. The molecule has 0 radical (unpaired) electrons. The number of hydrogen-bond acceptors (Lipinski definition) is 6. The molecule has 0 bridgehead atoms. The maximum absolute atomic E-state index is 12.3. The van der Waals surface area contributed by atoms with Crippen LogP contribution in [0.4, 0.5) is 5.69 Å². The summed E-state index contributed by atoms with van der Waals surface area (Å²) in [4.78, 5) is 24.5. The lowest BCUT2D eigenvalue weighted by atomic mass is 10.1. The second-order valence-electron chi connectivity index (χ2n) is 7.66. The van der Waals surface area contributed by atoms with Crippen molar-refractivity contribution >= 4 is 17.5 Å². The van der Waals surface area contributed by atoms with E-state index in [1.54, 1.807) is 42.5 Å². The predicted octanol–water partition coefficient (Wildman–Crippen LogP) is 3.72. The van der Waals surface area contributed by atoms with Crippen molar-refractivity contribution in [3.63, 3.8) is 0 Å². The van der Waals surface area contributed by atoms with E-state index >= 15 is 0 Å². The highest BCUT2D eigenvalue weighted by Gasteiger charge is 2.18. The summed E-state index contributed by atoms with van der Waals surface area (Å²) >= 11 is 0. The van der Waals surface area contributed by atoms with Gasteiger partial charge >= 0.3 is 0 Å². The van der Waals surface area contributed by atoms with E-state index in [1.165, 1.54) is 0 Å².